The Morgan fingerprint density at radius 1 is 1.12 bits per heavy atom. The summed E-state index contributed by atoms with van der Waals surface area (Å²) in [5.41, 5.74) is 5.23. The van der Waals surface area contributed by atoms with E-state index in [4.69, 9.17) is 0 Å². The second-order valence-corrected chi connectivity index (χ2v) is 5.08. The smallest absolute Gasteiger partial charge is 0.0997 e. The number of hydrogen-bond donors (Lipinski definition) is 0. The minimum Gasteiger partial charge on any atom is -0.303 e. The minimum absolute atomic E-state index is 0.912. The minimum atomic E-state index is 0.912. The van der Waals surface area contributed by atoms with Crippen molar-refractivity contribution in [3.05, 3.63) is 47.5 Å². The highest BCUT2D eigenvalue weighted by molar-refractivity contribution is 9.08. The molecule has 1 heterocycles. The number of aromatic nitrogens is 2. The van der Waals surface area contributed by atoms with Crippen molar-refractivity contribution < 1.29 is 0 Å². The third-order valence-electron chi connectivity index (χ3n) is 3.40. The van der Waals surface area contributed by atoms with Crippen molar-refractivity contribution in [3.63, 3.8) is 0 Å². The fourth-order valence-corrected chi connectivity index (χ4v) is 2.81. The summed E-state index contributed by atoms with van der Waals surface area (Å²) in [4.78, 5) is 4.53. The van der Waals surface area contributed by atoms with Crippen LogP contribution in [0.5, 0.6) is 0 Å². The standard InChI is InChI=1S/C14H15BrN2/c15-9-11-5-7-12(8-6-11)17-10-16-13-3-1-2-4-14(13)17/h5-8,10H,1-4,9H2. The molecule has 2 nitrogen and oxygen atoms in total. The van der Waals surface area contributed by atoms with Crippen LogP contribution in [0.2, 0.25) is 0 Å². The van der Waals surface area contributed by atoms with E-state index in [9.17, 15) is 0 Å². The summed E-state index contributed by atoms with van der Waals surface area (Å²) in [6, 6.07) is 8.68. The average Bonchev–Trinajstić information content (AvgIpc) is 2.83. The molecular weight excluding hydrogens is 276 g/mol. The summed E-state index contributed by atoms with van der Waals surface area (Å²) < 4.78 is 2.24. The molecule has 0 fully saturated rings. The maximum Gasteiger partial charge on any atom is 0.0997 e. The molecule has 0 aliphatic heterocycles. The van der Waals surface area contributed by atoms with Gasteiger partial charge in [0.15, 0.2) is 0 Å². The van der Waals surface area contributed by atoms with Gasteiger partial charge in [0, 0.05) is 16.7 Å². The van der Waals surface area contributed by atoms with Gasteiger partial charge in [-0.15, -0.1) is 0 Å². The molecule has 0 saturated heterocycles. The Labute approximate surface area is 110 Å². The van der Waals surface area contributed by atoms with E-state index in [1.807, 2.05) is 6.33 Å². The second kappa shape index (κ2) is 4.65. The molecule has 3 rings (SSSR count). The molecule has 2 aromatic rings. The third kappa shape index (κ3) is 2.04. The number of nitrogens with zero attached hydrogens (tertiary/aromatic N) is 2. The first-order valence-corrected chi connectivity index (χ1v) is 7.21. The van der Waals surface area contributed by atoms with Gasteiger partial charge in [0.25, 0.3) is 0 Å². The quantitative estimate of drug-likeness (QED) is 0.772. The van der Waals surface area contributed by atoms with Crippen molar-refractivity contribution in [1.82, 2.24) is 9.55 Å². The topological polar surface area (TPSA) is 17.8 Å². The zero-order valence-corrected chi connectivity index (χ0v) is 11.3. The monoisotopic (exact) mass is 290 g/mol. The first-order chi connectivity index (χ1) is 8.38. The third-order valence-corrected chi connectivity index (χ3v) is 4.05. The lowest BCUT2D eigenvalue weighted by molar-refractivity contribution is 0.656. The highest BCUT2D eigenvalue weighted by Gasteiger charge is 2.15. The molecule has 0 bridgehead atoms. The van der Waals surface area contributed by atoms with Gasteiger partial charge in [0.2, 0.25) is 0 Å². The Morgan fingerprint density at radius 2 is 1.88 bits per heavy atom. The number of benzene rings is 1. The van der Waals surface area contributed by atoms with Crippen LogP contribution in [-0.2, 0) is 18.2 Å². The molecule has 3 heteroatoms. The van der Waals surface area contributed by atoms with Crippen LogP contribution in [0.15, 0.2) is 30.6 Å². The predicted octanol–water partition coefficient (Wildman–Crippen LogP) is 3.65. The molecule has 0 unspecified atom stereocenters. The van der Waals surface area contributed by atoms with Gasteiger partial charge in [-0.25, -0.2) is 4.98 Å². The van der Waals surface area contributed by atoms with Gasteiger partial charge in [-0.1, -0.05) is 28.1 Å². The Kier molecular flexibility index (Phi) is 3.02. The molecule has 88 valence electrons. The van der Waals surface area contributed by atoms with Gasteiger partial charge in [-0.3, -0.25) is 0 Å². The number of rotatable bonds is 2. The first-order valence-electron chi connectivity index (χ1n) is 6.09. The number of hydrogen-bond acceptors (Lipinski definition) is 1. The maximum atomic E-state index is 4.53. The van der Waals surface area contributed by atoms with Gasteiger partial charge in [0.05, 0.1) is 12.0 Å². The molecule has 0 amide bonds. The fraction of sp³-hybridized carbons (Fsp3) is 0.357. The summed E-state index contributed by atoms with van der Waals surface area (Å²) in [7, 11) is 0. The molecule has 0 saturated carbocycles. The van der Waals surface area contributed by atoms with Gasteiger partial charge < -0.3 is 4.57 Å². The molecule has 1 aromatic carbocycles. The first kappa shape index (κ1) is 11.0. The molecule has 0 spiro atoms. The molecule has 17 heavy (non-hydrogen) atoms. The number of fused-ring (bicyclic) bond motifs is 1. The molecular formula is C14H15BrN2. The van der Waals surface area contributed by atoms with Gasteiger partial charge in [-0.05, 0) is 43.4 Å². The summed E-state index contributed by atoms with van der Waals surface area (Å²) in [5.74, 6) is 0. The molecule has 0 radical (unpaired) electrons. The number of aryl methyl sites for hydroxylation is 1. The predicted molar refractivity (Wildman–Crippen MR) is 72.8 cm³/mol. The number of imidazole rings is 1. The van der Waals surface area contributed by atoms with Gasteiger partial charge in [-0.2, -0.15) is 0 Å². The van der Waals surface area contributed by atoms with Crippen molar-refractivity contribution in [2.75, 3.05) is 0 Å². The van der Waals surface area contributed by atoms with E-state index in [1.165, 1.54) is 35.5 Å². The molecule has 1 aromatic heterocycles. The number of alkyl halides is 1. The Balaban J connectivity index is 2.00. The zero-order chi connectivity index (χ0) is 11.7. The molecule has 0 atom stereocenters. The summed E-state index contributed by atoms with van der Waals surface area (Å²) in [5, 5.41) is 0.912. The van der Waals surface area contributed by atoms with Crippen LogP contribution in [0.25, 0.3) is 5.69 Å². The van der Waals surface area contributed by atoms with Crippen molar-refractivity contribution in [2.24, 2.45) is 0 Å². The van der Waals surface area contributed by atoms with E-state index in [1.54, 1.807) is 0 Å². The fourth-order valence-electron chi connectivity index (χ4n) is 2.44. The van der Waals surface area contributed by atoms with E-state index in [-0.39, 0.29) is 0 Å². The van der Waals surface area contributed by atoms with Crippen LogP contribution in [-0.4, -0.2) is 9.55 Å². The second-order valence-electron chi connectivity index (χ2n) is 4.52. The lowest BCUT2D eigenvalue weighted by Gasteiger charge is -2.14. The van der Waals surface area contributed by atoms with Crippen molar-refractivity contribution >= 4 is 15.9 Å². The largest absolute Gasteiger partial charge is 0.303 e. The van der Waals surface area contributed by atoms with Crippen molar-refractivity contribution in [3.8, 4) is 5.69 Å². The Hall–Kier alpha value is -1.09. The lowest BCUT2D eigenvalue weighted by Crippen LogP contribution is -2.06. The summed E-state index contributed by atoms with van der Waals surface area (Å²) in [6.45, 7) is 0. The SMILES string of the molecule is BrCc1ccc(-n2cnc3c2CCCC3)cc1. The molecule has 1 aliphatic carbocycles. The van der Waals surface area contributed by atoms with Gasteiger partial charge >= 0.3 is 0 Å². The van der Waals surface area contributed by atoms with E-state index >= 15 is 0 Å². The average molecular weight is 291 g/mol. The molecule has 1 aliphatic rings. The van der Waals surface area contributed by atoms with Crippen LogP contribution in [0.3, 0.4) is 0 Å². The van der Waals surface area contributed by atoms with E-state index < -0.39 is 0 Å². The normalized spacial score (nSPS) is 14.6. The van der Waals surface area contributed by atoms with E-state index in [0.717, 1.165) is 18.2 Å². The number of halogens is 1. The highest BCUT2D eigenvalue weighted by Crippen LogP contribution is 2.23. The van der Waals surface area contributed by atoms with Crippen LogP contribution in [0, 0.1) is 0 Å². The summed E-state index contributed by atoms with van der Waals surface area (Å²) in [6.07, 6.45) is 6.85. The van der Waals surface area contributed by atoms with E-state index in [2.05, 4.69) is 49.7 Å². The highest BCUT2D eigenvalue weighted by atomic mass is 79.9. The van der Waals surface area contributed by atoms with Gasteiger partial charge in [0.1, 0.15) is 0 Å². The lowest BCUT2D eigenvalue weighted by atomic mass is 10.0. The molecule has 0 N–H and O–H groups in total. The van der Waals surface area contributed by atoms with Crippen LogP contribution >= 0.6 is 15.9 Å². The Morgan fingerprint density at radius 3 is 2.65 bits per heavy atom. The van der Waals surface area contributed by atoms with E-state index in [0.29, 0.717) is 0 Å². The zero-order valence-electron chi connectivity index (χ0n) is 9.69. The Bertz CT molecular complexity index is 514. The van der Waals surface area contributed by atoms with Crippen molar-refractivity contribution in [1.29, 1.82) is 0 Å². The summed E-state index contributed by atoms with van der Waals surface area (Å²) >= 11 is 3.47. The van der Waals surface area contributed by atoms with Crippen molar-refractivity contribution in [2.45, 2.75) is 31.0 Å². The maximum absolute atomic E-state index is 4.53. The van der Waals surface area contributed by atoms with Crippen LogP contribution < -0.4 is 0 Å². The van der Waals surface area contributed by atoms with Crippen LogP contribution in [0.1, 0.15) is 29.8 Å². The van der Waals surface area contributed by atoms with Crippen LogP contribution in [0.4, 0.5) is 0 Å².